The second kappa shape index (κ2) is 5.69. The number of ether oxygens (including phenoxy) is 1. The Bertz CT molecular complexity index is 532. The van der Waals surface area contributed by atoms with Gasteiger partial charge in [0.2, 0.25) is 5.88 Å². The van der Waals surface area contributed by atoms with E-state index in [9.17, 15) is 0 Å². The van der Waals surface area contributed by atoms with E-state index in [2.05, 4.69) is 35.9 Å². The van der Waals surface area contributed by atoms with Crippen molar-refractivity contribution in [1.82, 2.24) is 9.97 Å². The molecule has 19 heavy (non-hydrogen) atoms. The van der Waals surface area contributed by atoms with Crippen LogP contribution in [0.15, 0.2) is 30.3 Å². The third-order valence-corrected chi connectivity index (χ3v) is 3.12. The monoisotopic (exact) mass is 257 g/mol. The van der Waals surface area contributed by atoms with Gasteiger partial charge in [-0.15, -0.1) is 0 Å². The Hall–Kier alpha value is -2.10. The van der Waals surface area contributed by atoms with Crippen LogP contribution in [0.3, 0.4) is 0 Å². The van der Waals surface area contributed by atoms with Gasteiger partial charge in [-0.2, -0.15) is 4.98 Å². The minimum absolute atomic E-state index is 0.415. The zero-order valence-electron chi connectivity index (χ0n) is 11.6. The number of hydrogen-bond acceptors (Lipinski definition) is 4. The van der Waals surface area contributed by atoms with E-state index >= 15 is 0 Å². The lowest BCUT2D eigenvalue weighted by Gasteiger charge is -2.10. The van der Waals surface area contributed by atoms with E-state index < -0.39 is 0 Å². The van der Waals surface area contributed by atoms with Gasteiger partial charge in [0.1, 0.15) is 17.4 Å². The van der Waals surface area contributed by atoms with Gasteiger partial charge in [-0.05, 0) is 37.0 Å². The molecule has 2 rings (SSSR count). The molecule has 0 amide bonds. The van der Waals surface area contributed by atoms with E-state index in [0.29, 0.717) is 23.4 Å². The first-order valence-electron chi connectivity index (χ1n) is 6.47. The molecule has 2 N–H and O–H groups in total. The zero-order chi connectivity index (χ0) is 13.8. The lowest BCUT2D eigenvalue weighted by Crippen LogP contribution is -1.98. The minimum atomic E-state index is 0.415. The number of rotatable bonds is 4. The Morgan fingerprint density at radius 1 is 1.21 bits per heavy atom. The van der Waals surface area contributed by atoms with Gasteiger partial charge in [-0.1, -0.05) is 26.0 Å². The van der Waals surface area contributed by atoms with Crippen molar-refractivity contribution >= 4 is 5.82 Å². The number of nitrogens with two attached hydrogens (primary N) is 1. The molecule has 0 saturated heterocycles. The lowest BCUT2D eigenvalue weighted by molar-refractivity contribution is 0.460. The highest BCUT2D eigenvalue weighted by Crippen LogP contribution is 2.24. The van der Waals surface area contributed by atoms with E-state index in [0.717, 1.165) is 12.2 Å². The van der Waals surface area contributed by atoms with Crippen LogP contribution in [0.4, 0.5) is 5.82 Å². The number of benzene rings is 1. The zero-order valence-corrected chi connectivity index (χ0v) is 11.6. The van der Waals surface area contributed by atoms with Crippen LogP contribution >= 0.6 is 0 Å². The maximum atomic E-state index is 5.68. The highest BCUT2D eigenvalue weighted by molar-refractivity contribution is 5.36. The van der Waals surface area contributed by atoms with E-state index in [1.165, 1.54) is 5.56 Å². The molecule has 0 fully saturated rings. The molecule has 0 saturated carbocycles. The number of hydrogen-bond donors (Lipinski definition) is 1. The van der Waals surface area contributed by atoms with Crippen molar-refractivity contribution < 1.29 is 4.74 Å². The first-order chi connectivity index (χ1) is 9.08. The van der Waals surface area contributed by atoms with Gasteiger partial charge in [-0.25, -0.2) is 4.98 Å². The molecule has 100 valence electrons. The fourth-order valence-corrected chi connectivity index (χ4v) is 1.84. The van der Waals surface area contributed by atoms with Gasteiger partial charge in [0.25, 0.3) is 0 Å². The van der Waals surface area contributed by atoms with Crippen molar-refractivity contribution in [2.24, 2.45) is 0 Å². The van der Waals surface area contributed by atoms with Crippen LogP contribution in [0.2, 0.25) is 0 Å². The molecule has 1 heterocycles. The Balaban J connectivity index is 2.15. The minimum Gasteiger partial charge on any atom is -0.439 e. The average molecular weight is 257 g/mol. The second-order valence-corrected chi connectivity index (χ2v) is 4.66. The molecule has 0 aliphatic carbocycles. The van der Waals surface area contributed by atoms with Gasteiger partial charge in [0, 0.05) is 6.07 Å². The Morgan fingerprint density at radius 2 is 1.89 bits per heavy atom. The highest BCUT2D eigenvalue weighted by Gasteiger charge is 2.05. The van der Waals surface area contributed by atoms with Crippen LogP contribution in [0.1, 0.15) is 37.6 Å². The van der Waals surface area contributed by atoms with Crippen LogP contribution in [0.25, 0.3) is 0 Å². The summed E-state index contributed by atoms with van der Waals surface area (Å²) < 4.78 is 5.68. The quantitative estimate of drug-likeness (QED) is 0.907. The third kappa shape index (κ3) is 3.44. The maximum Gasteiger partial charge on any atom is 0.224 e. The smallest absolute Gasteiger partial charge is 0.224 e. The fourth-order valence-electron chi connectivity index (χ4n) is 1.84. The number of aryl methyl sites for hydroxylation is 1. The molecular weight excluding hydrogens is 238 g/mol. The largest absolute Gasteiger partial charge is 0.439 e. The van der Waals surface area contributed by atoms with Crippen molar-refractivity contribution in [3.8, 4) is 11.6 Å². The summed E-state index contributed by atoms with van der Waals surface area (Å²) in [5.41, 5.74) is 6.98. The van der Waals surface area contributed by atoms with Gasteiger partial charge in [0.15, 0.2) is 0 Å². The molecule has 1 aromatic heterocycles. The molecule has 2 aromatic rings. The SMILES string of the molecule is CCC(C)c1ccc(Oc2cc(N)nc(C)n2)cc1. The Morgan fingerprint density at radius 3 is 2.47 bits per heavy atom. The maximum absolute atomic E-state index is 5.68. The van der Waals surface area contributed by atoms with Crippen LogP contribution < -0.4 is 10.5 Å². The topological polar surface area (TPSA) is 61.0 Å². The van der Waals surface area contributed by atoms with Crippen LogP contribution in [0, 0.1) is 6.92 Å². The number of anilines is 1. The highest BCUT2D eigenvalue weighted by atomic mass is 16.5. The van der Waals surface area contributed by atoms with Crippen molar-refractivity contribution in [3.63, 3.8) is 0 Å². The lowest BCUT2D eigenvalue weighted by atomic mass is 9.99. The molecule has 0 bridgehead atoms. The number of nitrogen functional groups attached to an aromatic ring is 1. The first kappa shape index (κ1) is 13.3. The van der Waals surface area contributed by atoms with E-state index in [4.69, 9.17) is 10.5 Å². The van der Waals surface area contributed by atoms with Gasteiger partial charge in [0.05, 0.1) is 0 Å². The summed E-state index contributed by atoms with van der Waals surface area (Å²) in [5, 5.41) is 0. The predicted octanol–water partition coefficient (Wildman–Crippen LogP) is 3.67. The van der Waals surface area contributed by atoms with Gasteiger partial charge < -0.3 is 10.5 Å². The number of aromatic nitrogens is 2. The molecular formula is C15H19N3O. The standard InChI is InChI=1S/C15H19N3O/c1-4-10(2)12-5-7-13(8-6-12)19-15-9-14(16)17-11(3)18-15/h5-10H,4H2,1-3H3,(H2,16,17,18). The van der Waals surface area contributed by atoms with Crippen molar-refractivity contribution in [1.29, 1.82) is 0 Å². The average Bonchev–Trinajstić information content (AvgIpc) is 2.37. The van der Waals surface area contributed by atoms with Crippen molar-refractivity contribution in [3.05, 3.63) is 41.7 Å². The summed E-state index contributed by atoms with van der Waals surface area (Å²) >= 11 is 0. The van der Waals surface area contributed by atoms with E-state index in [1.807, 2.05) is 12.1 Å². The Labute approximate surface area is 113 Å². The van der Waals surface area contributed by atoms with Crippen LogP contribution in [0.5, 0.6) is 11.6 Å². The third-order valence-electron chi connectivity index (χ3n) is 3.12. The molecule has 1 atom stereocenters. The van der Waals surface area contributed by atoms with Gasteiger partial charge in [-0.3, -0.25) is 0 Å². The normalized spacial score (nSPS) is 12.2. The molecule has 4 heteroatoms. The molecule has 1 aromatic carbocycles. The summed E-state index contributed by atoms with van der Waals surface area (Å²) in [6.45, 7) is 6.18. The molecule has 4 nitrogen and oxygen atoms in total. The first-order valence-corrected chi connectivity index (χ1v) is 6.47. The molecule has 0 radical (unpaired) electrons. The van der Waals surface area contributed by atoms with E-state index in [-0.39, 0.29) is 0 Å². The molecule has 0 aliphatic rings. The second-order valence-electron chi connectivity index (χ2n) is 4.66. The molecule has 0 spiro atoms. The molecule has 1 unspecified atom stereocenters. The summed E-state index contributed by atoms with van der Waals surface area (Å²) in [6, 6.07) is 9.70. The van der Waals surface area contributed by atoms with Crippen LogP contribution in [-0.4, -0.2) is 9.97 Å². The van der Waals surface area contributed by atoms with Crippen LogP contribution in [-0.2, 0) is 0 Å². The molecule has 0 aliphatic heterocycles. The van der Waals surface area contributed by atoms with Crippen molar-refractivity contribution in [2.45, 2.75) is 33.1 Å². The Kier molecular flexibility index (Phi) is 4.00. The van der Waals surface area contributed by atoms with E-state index in [1.54, 1.807) is 13.0 Å². The predicted molar refractivity (Wildman–Crippen MR) is 76.4 cm³/mol. The van der Waals surface area contributed by atoms with Gasteiger partial charge >= 0.3 is 0 Å². The van der Waals surface area contributed by atoms with Crippen molar-refractivity contribution in [2.75, 3.05) is 5.73 Å². The summed E-state index contributed by atoms with van der Waals surface area (Å²) in [5.74, 6) is 2.81. The summed E-state index contributed by atoms with van der Waals surface area (Å²) in [7, 11) is 0. The summed E-state index contributed by atoms with van der Waals surface area (Å²) in [6.07, 6.45) is 1.13. The summed E-state index contributed by atoms with van der Waals surface area (Å²) in [4.78, 5) is 8.20. The fraction of sp³-hybridized carbons (Fsp3) is 0.333. The number of nitrogens with zero attached hydrogens (tertiary/aromatic N) is 2.